The number of hydrogen-bond donors (Lipinski definition) is 2. The molecule has 1 amide bonds. The zero-order chi connectivity index (χ0) is 15.2. The van der Waals surface area contributed by atoms with Gasteiger partial charge < -0.3 is 15.8 Å². The summed E-state index contributed by atoms with van der Waals surface area (Å²) in [5.74, 6) is -0.608. The van der Waals surface area contributed by atoms with Crippen LogP contribution in [0.4, 0.5) is 5.69 Å². The van der Waals surface area contributed by atoms with Crippen molar-refractivity contribution >= 4 is 17.6 Å². The maximum atomic E-state index is 11.9. The van der Waals surface area contributed by atoms with Crippen LogP contribution >= 0.6 is 0 Å². The molecule has 0 radical (unpaired) electrons. The molecule has 3 N–H and O–H groups in total. The minimum atomic E-state index is -0.442. The number of benzene rings is 1. The number of amides is 1. The Labute approximate surface area is 119 Å². The molecule has 1 aromatic carbocycles. The van der Waals surface area contributed by atoms with Crippen LogP contribution in [0.1, 0.15) is 44.0 Å². The molecular formula is C15H22N2O3. The molecule has 0 unspecified atom stereocenters. The summed E-state index contributed by atoms with van der Waals surface area (Å²) in [6, 6.07) is 6.79. The summed E-state index contributed by atoms with van der Waals surface area (Å²) < 4.78 is 4.95. The van der Waals surface area contributed by atoms with Gasteiger partial charge in [0.2, 0.25) is 5.91 Å². The van der Waals surface area contributed by atoms with E-state index >= 15 is 0 Å². The molecule has 5 heteroatoms. The first-order valence-corrected chi connectivity index (χ1v) is 6.68. The van der Waals surface area contributed by atoms with Crippen molar-refractivity contribution in [3.8, 4) is 0 Å². The van der Waals surface area contributed by atoms with Gasteiger partial charge in [-0.15, -0.1) is 0 Å². The van der Waals surface area contributed by atoms with Crippen molar-refractivity contribution in [1.82, 2.24) is 0 Å². The number of esters is 1. The van der Waals surface area contributed by atoms with Crippen LogP contribution in [-0.2, 0) is 9.53 Å². The predicted octanol–water partition coefficient (Wildman–Crippen LogP) is 2.32. The molecular weight excluding hydrogens is 256 g/mol. The van der Waals surface area contributed by atoms with Gasteiger partial charge in [-0.3, -0.25) is 4.79 Å². The van der Waals surface area contributed by atoms with Gasteiger partial charge in [-0.2, -0.15) is 0 Å². The molecule has 0 spiro atoms. The van der Waals surface area contributed by atoms with Gasteiger partial charge in [-0.05, 0) is 39.3 Å². The summed E-state index contributed by atoms with van der Waals surface area (Å²) in [7, 11) is 0. The number of nitrogens with two attached hydrogens (primary N) is 1. The molecule has 1 aromatic rings. The number of rotatable bonds is 6. The quantitative estimate of drug-likeness (QED) is 0.782. The number of nitrogens with one attached hydrogen (secondary N) is 1. The lowest BCUT2D eigenvalue weighted by Crippen LogP contribution is -2.33. The second kappa shape index (κ2) is 7.05. The van der Waals surface area contributed by atoms with Gasteiger partial charge >= 0.3 is 5.97 Å². The van der Waals surface area contributed by atoms with Crippen LogP contribution in [0.2, 0.25) is 0 Å². The Hall–Kier alpha value is -1.88. The fourth-order valence-electron chi connectivity index (χ4n) is 1.63. The van der Waals surface area contributed by atoms with Crippen LogP contribution in [0.5, 0.6) is 0 Å². The third-order valence-corrected chi connectivity index (χ3v) is 2.69. The zero-order valence-corrected chi connectivity index (χ0v) is 12.2. The lowest BCUT2D eigenvalue weighted by Gasteiger charge is -2.18. The summed E-state index contributed by atoms with van der Waals surface area (Å²) in [6.07, 6.45) is 0.876. The van der Waals surface area contributed by atoms with Gasteiger partial charge in [-0.1, -0.05) is 12.1 Å². The van der Waals surface area contributed by atoms with E-state index in [9.17, 15) is 9.59 Å². The molecule has 20 heavy (non-hydrogen) atoms. The van der Waals surface area contributed by atoms with Gasteiger partial charge in [0, 0.05) is 12.0 Å². The van der Waals surface area contributed by atoms with Crippen LogP contribution in [0.15, 0.2) is 24.3 Å². The monoisotopic (exact) mass is 278 g/mol. The number of para-hydroxylation sites is 1. The van der Waals surface area contributed by atoms with E-state index in [1.165, 1.54) is 0 Å². The van der Waals surface area contributed by atoms with Crippen molar-refractivity contribution in [3.63, 3.8) is 0 Å². The molecule has 0 aromatic heterocycles. The maximum Gasteiger partial charge on any atom is 0.340 e. The fraction of sp³-hybridized carbons (Fsp3) is 0.467. The average Bonchev–Trinajstić information content (AvgIpc) is 2.36. The molecule has 5 nitrogen and oxygen atoms in total. The van der Waals surface area contributed by atoms with E-state index in [0.29, 0.717) is 30.7 Å². The van der Waals surface area contributed by atoms with E-state index in [0.717, 1.165) is 0 Å². The largest absolute Gasteiger partial charge is 0.462 e. The van der Waals surface area contributed by atoms with Gasteiger partial charge in [0.05, 0.1) is 17.9 Å². The van der Waals surface area contributed by atoms with Crippen molar-refractivity contribution in [2.45, 2.75) is 39.2 Å². The Morgan fingerprint density at radius 1 is 1.30 bits per heavy atom. The minimum Gasteiger partial charge on any atom is -0.462 e. The highest BCUT2D eigenvalue weighted by Crippen LogP contribution is 2.17. The fourth-order valence-corrected chi connectivity index (χ4v) is 1.63. The Balaban J connectivity index is 2.72. The first-order valence-electron chi connectivity index (χ1n) is 6.68. The SMILES string of the molecule is CCOC(=O)c1ccccc1NC(=O)CCC(C)(C)N. The first-order chi connectivity index (χ1) is 9.33. The second-order valence-corrected chi connectivity index (χ2v) is 5.30. The Kier molecular flexibility index (Phi) is 5.70. The number of carbonyl (C=O) groups is 2. The van der Waals surface area contributed by atoms with Gasteiger partial charge in [0.25, 0.3) is 0 Å². The van der Waals surface area contributed by atoms with Crippen molar-refractivity contribution in [1.29, 1.82) is 0 Å². The minimum absolute atomic E-state index is 0.166. The molecule has 0 bridgehead atoms. The lowest BCUT2D eigenvalue weighted by molar-refractivity contribution is -0.116. The van der Waals surface area contributed by atoms with Crippen LogP contribution < -0.4 is 11.1 Å². The Morgan fingerprint density at radius 3 is 2.55 bits per heavy atom. The van der Waals surface area contributed by atoms with E-state index in [1.807, 2.05) is 13.8 Å². The smallest absolute Gasteiger partial charge is 0.340 e. The second-order valence-electron chi connectivity index (χ2n) is 5.30. The molecule has 110 valence electrons. The van der Waals surface area contributed by atoms with Gasteiger partial charge in [0.1, 0.15) is 0 Å². The van der Waals surface area contributed by atoms with E-state index < -0.39 is 11.5 Å². The van der Waals surface area contributed by atoms with E-state index in [2.05, 4.69) is 5.32 Å². The average molecular weight is 278 g/mol. The Morgan fingerprint density at radius 2 is 1.95 bits per heavy atom. The maximum absolute atomic E-state index is 11.9. The van der Waals surface area contributed by atoms with E-state index in [-0.39, 0.29) is 5.91 Å². The molecule has 0 aliphatic heterocycles. The summed E-state index contributed by atoms with van der Waals surface area (Å²) in [4.78, 5) is 23.6. The molecule has 0 fully saturated rings. The third kappa shape index (κ3) is 5.40. The molecule has 0 aliphatic carbocycles. The van der Waals surface area contributed by atoms with Crippen molar-refractivity contribution in [2.24, 2.45) is 5.73 Å². The van der Waals surface area contributed by atoms with Gasteiger partial charge in [0.15, 0.2) is 0 Å². The molecule has 1 rings (SSSR count). The molecule has 0 heterocycles. The topological polar surface area (TPSA) is 81.4 Å². The summed E-state index contributed by atoms with van der Waals surface area (Å²) >= 11 is 0. The summed E-state index contributed by atoms with van der Waals surface area (Å²) in [5.41, 5.74) is 6.27. The number of carbonyl (C=O) groups excluding carboxylic acids is 2. The van der Waals surface area contributed by atoms with Crippen molar-refractivity contribution < 1.29 is 14.3 Å². The van der Waals surface area contributed by atoms with Gasteiger partial charge in [-0.25, -0.2) is 4.79 Å². The molecule has 0 saturated carbocycles. The number of anilines is 1. The molecule has 0 aliphatic rings. The zero-order valence-electron chi connectivity index (χ0n) is 12.2. The summed E-state index contributed by atoms with van der Waals surface area (Å²) in [6.45, 7) is 5.77. The van der Waals surface area contributed by atoms with E-state index in [1.54, 1.807) is 31.2 Å². The standard InChI is InChI=1S/C15H22N2O3/c1-4-20-14(19)11-7-5-6-8-12(11)17-13(18)9-10-15(2,3)16/h5-8H,4,9-10,16H2,1-3H3,(H,17,18). The van der Waals surface area contributed by atoms with Crippen LogP contribution in [-0.4, -0.2) is 24.0 Å². The van der Waals surface area contributed by atoms with Crippen molar-refractivity contribution in [2.75, 3.05) is 11.9 Å². The van der Waals surface area contributed by atoms with E-state index in [4.69, 9.17) is 10.5 Å². The highest BCUT2D eigenvalue weighted by Gasteiger charge is 2.16. The first kappa shape index (κ1) is 16.2. The Bertz CT molecular complexity index is 478. The highest BCUT2D eigenvalue weighted by molar-refractivity contribution is 6.01. The normalized spacial score (nSPS) is 11.0. The molecule has 0 saturated heterocycles. The highest BCUT2D eigenvalue weighted by atomic mass is 16.5. The van der Waals surface area contributed by atoms with Crippen LogP contribution in [0, 0.1) is 0 Å². The number of hydrogen-bond acceptors (Lipinski definition) is 4. The predicted molar refractivity (Wildman–Crippen MR) is 78.5 cm³/mol. The number of ether oxygens (including phenoxy) is 1. The summed E-state index contributed by atoms with van der Waals surface area (Å²) in [5, 5.41) is 2.73. The van der Waals surface area contributed by atoms with Crippen molar-refractivity contribution in [3.05, 3.63) is 29.8 Å². The van der Waals surface area contributed by atoms with Crippen LogP contribution in [0.3, 0.4) is 0 Å². The third-order valence-electron chi connectivity index (χ3n) is 2.69. The van der Waals surface area contributed by atoms with Crippen LogP contribution in [0.25, 0.3) is 0 Å². The molecule has 0 atom stereocenters. The lowest BCUT2D eigenvalue weighted by atomic mass is 10.00.